The topological polar surface area (TPSA) is 78.4 Å². The largest absolute Gasteiger partial charge is 0.497 e. The Morgan fingerprint density at radius 2 is 2.03 bits per heavy atom. The first kappa shape index (κ1) is 27.2. The summed E-state index contributed by atoms with van der Waals surface area (Å²) in [6.07, 6.45) is 1.53. The fourth-order valence-corrected chi connectivity index (χ4v) is 3.79. The van der Waals surface area contributed by atoms with Gasteiger partial charge in [0.1, 0.15) is 5.75 Å². The molecule has 0 aromatic heterocycles. The monoisotopic (exact) mass is 568 g/mol. The second-order valence-electron chi connectivity index (χ2n) is 8.01. The lowest BCUT2D eigenvalue weighted by molar-refractivity contribution is 0.0331. The molecular formula is C25H37IN4O3. The molecule has 8 heteroatoms. The van der Waals surface area contributed by atoms with Crippen molar-refractivity contribution < 1.29 is 14.6 Å². The molecule has 0 saturated carbocycles. The third kappa shape index (κ3) is 9.38. The summed E-state index contributed by atoms with van der Waals surface area (Å²) in [5.41, 5.74) is 2.26. The van der Waals surface area contributed by atoms with Gasteiger partial charge >= 0.3 is 0 Å². The molecule has 3 rings (SSSR count). The zero-order valence-electron chi connectivity index (χ0n) is 19.6. The fraction of sp³-hybridized carbons (Fsp3) is 0.480. The molecule has 3 N–H and O–H groups in total. The molecule has 182 valence electrons. The van der Waals surface area contributed by atoms with Gasteiger partial charge in [-0.05, 0) is 37.5 Å². The Labute approximate surface area is 214 Å². The summed E-state index contributed by atoms with van der Waals surface area (Å²) in [7, 11) is 1.69. The Morgan fingerprint density at radius 1 is 1.21 bits per heavy atom. The highest BCUT2D eigenvalue weighted by Crippen LogP contribution is 2.24. The van der Waals surface area contributed by atoms with Gasteiger partial charge in [0, 0.05) is 37.4 Å². The van der Waals surface area contributed by atoms with Crippen LogP contribution in [-0.2, 0) is 11.3 Å². The summed E-state index contributed by atoms with van der Waals surface area (Å²) in [6.45, 7) is 5.75. The second kappa shape index (κ2) is 15.0. The number of guanidine groups is 1. The van der Waals surface area contributed by atoms with Gasteiger partial charge in [-0.3, -0.25) is 4.99 Å². The van der Waals surface area contributed by atoms with Crippen LogP contribution in [0, 0.1) is 0 Å². The number of hydrogen-bond acceptors (Lipinski definition) is 5. The molecule has 1 fully saturated rings. The highest BCUT2D eigenvalue weighted by molar-refractivity contribution is 14.0. The zero-order valence-corrected chi connectivity index (χ0v) is 21.9. The van der Waals surface area contributed by atoms with Crippen molar-refractivity contribution in [1.82, 2.24) is 10.6 Å². The maximum absolute atomic E-state index is 10.3. The Kier molecular flexibility index (Phi) is 12.3. The van der Waals surface area contributed by atoms with E-state index in [1.54, 1.807) is 7.11 Å². The maximum Gasteiger partial charge on any atom is 0.191 e. The first-order chi connectivity index (χ1) is 15.7. The quantitative estimate of drug-likeness (QED) is 0.232. The molecule has 0 spiro atoms. The van der Waals surface area contributed by atoms with Crippen LogP contribution >= 0.6 is 24.0 Å². The number of nitrogens with one attached hydrogen (secondary N) is 2. The molecule has 2 aromatic rings. The van der Waals surface area contributed by atoms with Crippen molar-refractivity contribution in [3.8, 4) is 5.75 Å². The molecule has 1 aliphatic heterocycles. The van der Waals surface area contributed by atoms with Crippen molar-refractivity contribution in [2.24, 2.45) is 4.99 Å². The lowest BCUT2D eigenvalue weighted by Gasteiger charge is -2.35. The van der Waals surface area contributed by atoms with Gasteiger partial charge in [-0.25, -0.2) is 0 Å². The predicted molar refractivity (Wildman–Crippen MR) is 145 cm³/mol. The van der Waals surface area contributed by atoms with E-state index in [0.717, 1.165) is 49.7 Å². The molecule has 0 amide bonds. The van der Waals surface area contributed by atoms with Crippen LogP contribution in [0.1, 0.15) is 25.3 Å². The molecule has 0 radical (unpaired) electrons. The second-order valence-corrected chi connectivity index (χ2v) is 8.01. The molecular weight excluding hydrogens is 531 g/mol. The Hall–Kier alpha value is -2.04. The maximum atomic E-state index is 10.3. The van der Waals surface area contributed by atoms with Crippen LogP contribution in [0.15, 0.2) is 59.6 Å². The molecule has 0 bridgehead atoms. The summed E-state index contributed by atoms with van der Waals surface area (Å²) in [4.78, 5) is 6.96. The van der Waals surface area contributed by atoms with Crippen molar-refractivity contribution in [1.29, 1.82) is 0 Å². The number of piperidine rings is 1. The van der Waals surface area contributed by atoms with Crippen LogP contribution in [0.25, 0.3) is 0 Å². The standard InChI is InChI=1S/C25H36N4O3.HI/c1-3-26-25(27-16-23(30)19-32-18-20-9-5-4-6-10-20)28-21-11-8-14-29(17-21)22-12-7-13-24(15-22)31-2;/h4-7,9-10,12-13,15,21,23,30H,3,8,11,14,16-19H2,1-2H3,(H2,26,27,28);1H. The number of aliphatic imine (C=N–C) groups is 1. The van der Waals surface area contributed by atoms with Gasteiger partial charge in [-0.1, -0.05) is 36.4 Å². The molecule has 0 aliphatic carbocycles. The van der Waals surface area contributed by atoms with Crippen LogP contribution in [0.2, 0.25) is 0 Å². The SMILES string of the molecule is CCNC(=NCC(O)COCc1ccccc1)NC1CCCN(c2cccc(OC)c2)C1.I. The van der Waals surface area contributed by atoms with Gasteiger partial charge in [0.15, 0.2) is 5.96 Å². The fourth-order valence-electron chi connectivity index (χ4n) is 3.79. The summed E-state index contributed by atoms with van der Waals surface area (Å²) in [5.74, 6) is 1.60. The van der Waals surface area contributed by atoms with Crippen molar-refractivity contribution in [2.45, 2.75) is 38.5 Å². The van der Waals surface area contributed by atoms with Gasteiger partial charge in [-0.15, -0.1) is 24.0 Å². The molecule has 1 aliphatic rings. The molecule has 33 heavy (non-hydrogen) atoms. The van der Waals surface area contributed by atoms with Crippen LogP contribution in [0.5, 0.6) is 5.75 Å². The third-order valence-corrected chi connectivity index (χ3v) is 5.41. The lowest BCUT2D eigenvalue weighted by Crippen LogP contribution is -2.51. The number of aliphatic hydroxyl groups excluding tert-OH is 1. The summed E-state index contributed by atoms with van der Waals surface area (Å²) < 4.78 is 11.0. The molecule has 2 aromatic carbocycles. The highest BCUT2D eigenvalue weighted by atomic mass is 127. The van der Waals surface area contributed by atoms with E-state index in [0.29, 0.717) is 6.61 Å². The first-order valence-corrected chi connectivity index (χ1v) is 11.4. The van der Waals surface area contributed by atoms with Crippen LogP contribution in [0.3, 0.4) is 0 Å². The zero-order chi connectivity index (χ0) is 22.6. The smallest absolute Gasteiger partial charge is 0.191 e. The molecule has 1 saturated heterocycles. The van der Waals surface area contributed by atoms with E-state index in [9.17, 15) is 5.11 Å². The Bertz CT molecular complexity index is 837. The first-order valence-electron chi connectivity index (χ1n) is 11.4. The average Bonchev–Trinajstić information content (AvgIpc) is 2.83. The molecule has 2 unspecified atom stereocenters. The minimum Gasteiger partial charge on any atom is -0.497 e. The minimum absolute atomic E-state index is 0. The van der Waals surface area contributed by atoms with Crippen LogP contribution in [-0.4, -0.2) is 63.1 Å². The number of benzene rings is 2. The number of rotatable bonds is 10. The number of ether oxygens (including phenoxy) is 2. The van der Waals surface area contributed by atoms with Crippen molar-refractivity contribution in [2.75, 3.05) is 44.8 Å². The van der Waals surface area contributed by atoms with E-state index < -0.39 is 6.10 Å². The molecule has 7 nitrogen and oxygen atoms in total. The summed E-state index contributed by atoms with van der Waals surface area (Å²) in [5, 5.41) is 17.1. The van der Waals surface area contributed by atoms with Gasteiger partial charge in [-0.2, -0.15) is 0 Å². The van der Waals surface area contributed by atoms with E-state index in [2.05, 4.69) is 32.7 Å². The predicted octanol–water partition coefficient (Wildman–Crippen LogP) is 3.41. The van der Waals surface area contributed by atoms with E-state index >= 15 is 0 Å². The van der Waals surface area contributed by atoms with Gasteiger partial charge in [0.25, 0.3) is 0 Å². The number of nitrogens with zero attached hydrogens (tertiary/aromatic N) is 2. The van der Waals surface area contributed by atoms with Crippen LogP contribution in [0.4, 0.5) is 5.69 Å². The van der Waals surface area contributed by atoms with Gasteiger partial charge in [0.2, 0.25) is 0 Å². The minimum atomic E-state index is -0.645. The molecule has 2 atom stereocenters. The Morgan fingerprint density at radius 3 is 2.79 bits per heavy atom. The van der Waals surface area contributed by atoms with Crippen molar-refractivity contribution >= 4 is 35.6 Å². The summed E-state index contributed by atoms with van der Waals surface area (Å²) >= 11 is 0. The number of hydrogen-bond donors (Lipinski definition) is 3. The van der Waals surface area contributed by atoms with E-state index in [1.165, 1.54) is 5.69 Å². The third-order valence-electron chi connectivity index (χ3n) is 5.41. The number of halogens is 1. The van der Waals surface area contributed by atoms with Gasteiger partial charge in [0.05, 0.1) is 33.0 Å². The average molecular weight is 569 g/mol. The number of aliphatic hydroxyl groups is 1. The Balaban J connectivity index is 0.00000385. The normalized spacial score (nSPS) is 17.1. The van der Waals surface area contributed by atoms with E-state index in [-0.39, 0.29) is 43.2 Å². The molecule has 1 heterocycles. The van der Waals surface area contributed by atoms with E-state index in [4.69, 9.17) is 9.47 Å². The summed E-state index contributed by atoms with van der Waals surface area (Å²) in [6, 6.07) is 18.4. The van der Waals surface area contributed by atoms with Gasteiger partial charge < -0.3 is 30.1 Å². The highest BCUT2D eigenvalue weighted by Gasteiger charge is 2.21. The number of methoxy groups -OCH3 is 1. The van der Waals surface area contributed by atoms with Crippen molar-refractivity contribution in [3.63, 3.8) is 0 Å². The lowest BCUT2D eigenvalue weighted by atomic mass is 10.0. The van der Waals surface area contributed by atoms with Crippen molar-refractivity contribution in [3.05, 3.63) is 60.2 Å². The number of anilines is 1. The van der Waals surface area contributed by atoms with Crippen LogP contribution < -0.4 is 20.3 Å². The van der Waals surface area contributed by atoms with E-state index in [1.807, 2.05) is 49.4 Å².